The number of nitrogens with zero attached hydrogens (tertiary/aromatic N) is 2. The second kappa shape index (κ2) is 5.19. The summed E-state index contributed by atoms with van der Waals surface area (Å²) < 4.78 is 0. The summed E-state index contributed by atoms with van der Waals surface area (Å²) in [4.78, 5) is 9.92. The van der Waals surface area contributed by atoms with Crippen molar-refractivity contribution in [3.05, 3.63) is 24.0 Å². The normalized spacial score (nSPS) is 11.0. The third-order valence-electron chi connectivity index (χ3n) is 2.97. The number of hydrogen-bond donors (Lipinski definition) is 2. The van der Waals surface area contributed by atoms with Crippen LogP contribution in [0.25, 0.3) is 11.0 Å². The number of aromatic amines is 1. The van der Waals surface area contributed by atoms with Gasteiger partial charge in [-0.15, -0.1) is 0 Å². The van der Waals surface area contributed by atoms with Gasteiger partial charge in [-0.3, -0.25) is 0 Å². The molecule has 0 bridgehead atoms. The van der Waals surface area contributed by atoms with Gasteiger partial charge < -0.3 is 15.6 Å². The third-order valence-corrected chi connectivity index (χ3v) is 2.97. The van der Waals surface area contributed by atoms with Crippen molar-refractivity contribution in [1.82, 2.24) is 9.97 Å². The molecular weight excluding hydrogens is 212 g/mol. The minimum Gasteiger partial charge on any atom is -0.375 e. The molecule has 0 atom stereocenters. The summed E-state index contributed by atoms with van der Waals surface area (Å²) >= 11 is 0. The number of nitrogens with one attached hydrogen (secondary N) is 1. The molecule has 0 unspecified atom stereocenters. The highest BCUT2D eigenvalue weighted by atomic mass is 15.1. The van der Waals surface area contributed by atoms with Crippen molar-refractivity contribution in [3.8, 4) is 0 Å². The van der Waals surface area contributed by atoms with E-state index in [4.69, 9.17) is 5.73 Å². The van der Waals surface area contributed by atoms with Gasteiger partial charge in [0.05, 0.1) is 11.0 Å². The molecule has 0 saturated heterocycles. The minimum absolute atomic E-state index is 0.770. The van der Waals surface area contributed by atoms with Crippen molar-refractivity contribution in [3.63, 3.8) is 0 Å². The van der Waals surface area contributed by atoms with Gasteiger partial charge in [0.1, 0.15) is 5.82 Å². The number of anilines is 1. The number of H-pyrrole nitrogens is 1. The predicted molar refractivity (Wildman–Crippen MR) is 72.4 cm³/mol. The lowest BCUT2D eigenvalue weighted by Gasteiger charge is -2.18. The molecule has 3 N–H and O–H groups in total. The summed E-state index contributed by atoms with van der Waals surface area (Å²) in [7, 11) is 2.11. The van der Waals surface area contributed by atoms with Crippen LogP contribution in [0.4, 0.5) is 5.69 Å². The van der Waals surface area contributed by atoms with Crippen LogP contribution < -0.4 is 10.6 Å². The monoisotopic (exact) mass is 232 g/mol. The number of benzene rings is 1. The van der Waals surface area contributed by atoms with Gasteiger partial charge in [-0.05, 0) is 44.5 Å². The van der Waals surface area contributed by atoms with E-state index in [1.165, 1.54) is 5.69 Å². The van der Waals surface area contributed by atoms with E-state index in [-0.39, 0.29) is 0 Å². The van der Waals surface area contributed by atoms with Crippen molar-refractivity contribution in [2.45, 2.75) is 19.8 Å². The maximum atomic E-state index is 5.50. The molecule has 4 nitrogen and oxygen atoms in total. The second-order valence-corrected chi connectivity index (χ2v) is 4.44. The molecular formula is C13H20N4. The van der Waals surface area contributed by atoms with Crippen LogP contribution in [-0.4, -0.2) is 30.1 Å². The van der Waals surface area contributed by atoms with Crippen LogP contribution >= 0.6 is 0 Å². The van der Waals surface area contributed by atoms with Gasteiger partial charge in [0, 0.05) is 19.3 Å². The van der Waals surface area contributed by atoms with Crippen molar-refractivity contribution in [1.29, 1.82) is 0 Å². The molecule has 0 aliphatic carbocycles. The molecule has 1 aromatic heterocycles. The molecule has 2 aromatic rings. The number of nitrogens with two attached hydrogens (primary N) is 1. The summed E-state index contributed by atoms with van der Waals surface area (Å²) in [5.74, 6) is 0.961. The number of aryl methyl sites for hydroxylation is 1. The van der Waals surface area contributed by atoms with Gasteiger partial charge in [0.2, 0.25) is 0 Å². The SMILES string of the molecule is Cc1nc2ccc(N(C)CCCCN)cc2[nH]1. The van der Waals surface area contributed by atoms with Crippen molar-refractivity contribution in [2.75, 3.05) is 25.0 Å². The van der Waals surface area contributed by atoms with E-state index in [1.54, 1.807) is 0 Å². The Bertz CT molecular complexity index is 489. The fourth-order valence-electron chi connectivity index (χ4n) is 1.99. The van der Waals surface area contributed by atoms with Gasteiger partial charge in [0.15, 0.2) is 0 Å². The Morgan fingerprint density at radius 3 is 2.94 bits per heavy atom. The first kappa shape index (κ1) is 11.9. The van der Waals surface area contributed by atoms with Crippen LogP contribution in [0.3, 0.4) is 0 Å². The van der Waals surface area contributed by atoms with E-state index in [0.29, 0.717) is 0 Å². The first-order valence-electron chi connectivity index (χ1n) is 6.08. The Hall–Kier alpha value is -1.55. The molecule has 1 aromatic carbocycles. The van der Waals surface area contributed by atoms with Crippen LogP contribution in [0.5, 0.6) is 0 Å². The van der Waals surface area contributed by atoms with Gasteiger partial charge in [0.25, 0.3) is 0 Å². The Labute approximate surface area is 102 Å². The molecule has 2 rings (SSSR count). The zero-order valence-corrected chi connectivity index (χ0v) is 10.5. The first-order chi connectivity index (χ1) is 8.20. The smallest absolute Gasteiger partial charge is 0.104 e. The lowest BCUT2D eigenvalue weighted by atomic mass is 10.2. The number of hydrogen-bond acceptors (Lipinski definition) is 3. The van der Waals surface area contributed by atoms with E-state index >= 15 is 0 Å². The molecule has 0 amide bonds. The van der Waals surface area contributed by atoms with Gasteiger partial charge >= 0.3 is 0 Å². The number of imidazole rings is 1. The van der Waals surface area contributed by atoms with Gasteiger partial charge in [-0.2, -0.15) is 0 Å². The average molecular weight is 232 g/mol. The standard InChI is InChI=1S/C13H20N4/c1-10-15-12-6-5-11(9-13(12)16-10)17(2)8-4-3-7-14/h5-6,9H,3-4,7-8,14H2,1-2H3,(H,15,16). The summed E-state index contributed by atoms with van der Waals surface area (Å²) in [6.45, 7) is 3.78. The Morgan fingerprint density at radius 1 is 1.35 bits per heavy atom. The highest BCUT2D eigenvalue weighted by molar-refractivity contribution is 5.79. The molecule has 0 radical (unpaired) electrons. The van der Waals surface area contributed by atoms with Gasteiger partial charge in [-0.1, -0.05) is 0 Å². The topological polar surface area (TPSA) is 57.9 Å². The lowest BCUT2D eigenvalue weighted by molar-refractivity contribution is 0.728. The predicted octanol–water partition coefficient (Wildman–Crippen LogP) is 2.05. The summed E-state index contributed by atoms with van der Waals surface area (Å²) in [5.41, 5.74) is 8.85. The number of unbranched alkanes of at least 4 members (excludes halogenated alkanes) is 1. The Balaban J connectivity index is 2.12. The van der Waals surface area contributed by atoms with Crippen LogP contribution in [0.1, 0.15) is 18.7 Å². The Morgan fingerprint density at radius 2 is 2.18 bits per heavy atom. The molecule has 0 saturated carbocycles. The summed E-state index contributed by atoms with van der Waals surface area (Å²) in [6, 6.07) is 6.33. The van der Waals surface area contributed by atoms with Crippen LogP contribution in [0.2, 0.25) is 0 Å². The fourth-order valence-corrected chi connectivity index (χ4v) is 1.99. The molecule has 0 fully saturated rings. The van der Waals surface area contributed by atoms with Crippen LogP contribution in [0, 0.1) is 6.92 Å². The van der Waals surface area contributed by atoms with Gasteiger partial charge in [-0.25, -0.2) is 4.98 Å². The minimum atomic E-state index is 0.770. The highest BCUT2D eigenvalue weighted by Crippen LogP contribution is 2.19. The van der Waals surface area contributed by atoms with E-state index < -0.39 is 0 Å². The molecule has 0 aliphatic rings. The zero-order chi connectivity index (χ0) is 12.3. The van der Waals surface area contributed by atoms with E-state index in [9.17, 15) is 0 Å². The molecule has 17 heavy (non-hydrogen) atoms. The maximum Gasteiger partial charge on any atom is 0.104 e. The number of fused-ring (bicyclic) bond motifs is 1. The van der Waals surface area contributed by atoms with Crippen LogP contribution in [-0.2, 0) is 0 Å². The van der Waals surface area contributed by atoms with Crippen molar-refractivity contribution < 1.29 is 0 Å². The van der Waals surface area contributed by atoms with Crippen molar-refractivity contribution in [2.24, 2.45) is 5.73 Å². The maximum absolute atomic E-state index is 5.50. The summed E-state index contributed by atoms with van der Waals surface area (Å²) in [6.07, 6.45) is 2.21. The molecule has 0 spiro atoms. The number of rotatable bonds is 5. The molecule has 0 aliphatic heterocycles. The molecule has 4 heteroatoms. The zero-order valence-electron chi connectivity index (χ0n) is 10.5. The largest absolute Gasteiger partial charge is 0.375 e. The molecule has 92 valence electrons. The molecule has 1 heterocycles. The average Bonchev–Trinajstić information content (AvgIpc) is 2.68. The van der Waals surface area contributed by atoms with Crippen molar-refractivity contribution >= 4 is 16.7 Å². The van der Waals surface area contributed by atoms with E-state index in [0.717, 1.165) is 42.8 Å². The second-order valence-electron chi connectivity index (χ2n) is 4.44. The summed E-state index contributed by atoms with van der Waals surface area (Å²) in [5, 5.41) is 0. The quantitative estimate of drug-likeness (QED) is 0.776. The first-order valence-corrected chi connectivity index (χ1v) is 6.08. The highest BCUT2D eigenvalue weighted by Gasteiger charge is 2.04. The lowest BCUT2D eigenvalue weighted by Crippen LogP contribution is -2.19. The fraction of sp³-hybridized carbons (Fsp3) is 0.462. The van der Waals surface area contributed by atoms with Crippen LogP contribution in [0.15, 0.2) is 18.2 Å². The Kier molecular flexibility index (Phi) is 3.64. The van der Waals surface area contributed by atoms with E-state index in [2.05, 4.69) is 40.1 Å². The van der Waals surface area contributed by atoms with E-state index in [1.807, 2.05) is 6.92 Å². The third kappa shape index (κ3) is 2.77. The number of aromatic nitrogens is 2.